The summed E-state index contributed by atoms with van der Waals surface area (Å²) >= 11 is 0. The fourth-order valence-electron chi connectivity index (χ4n) is 2.38. The third-order valence-electron chi connectivity index (χ3n) is 3.55. The molecular weight excluding hydrogens is 261 g/mol. The molecule has 20 heavy (non-hydrogen) atoms. The predicted octanol–water partition coefficient (Wildman–Crippen LogP) is 1.63. The van der Waals surface area contributed by atoms with Gasteiger partial charge in [0.15, 0.2) is 5.78 Å². The number of hydrogen-bond acceptors (Lipinski definition) is 3. The van der Waals surface area contributed by atoms with E-state index >= 15 is 0 Å². The lowest BCUT2D eigenvalue weighted by Gasteiger charge is -2.18. The molecule has 0 bridgehead atoms. The number of rotatable bonds is 4. The van der Waals surface area contributed by atoms with Crippen LogP contribution in [0.4, 0.5) is 4.39 Å². The topological polar surface area (TPSA) is 57.6 Å². The van der Waals surface area contributed by atoms with Crippen LogP contribution < -0.4 is 0 Å². The molecule has 1 heterocycles. The van der Waals surface area contributed by atoms with Crippen LogP contribution in [0.25, 0.3) is 0 Å². The third kappa shape index (κ3) is 3.42. The number of β-amino-alcohol motifs (C(OH)–C–C–N with tert-alkyl or cyclic N) is 1. The second-order valence-corrected chi connectivity index (χ2v) is 5.26. The van der Waals surface area contributed by atoms with Crippen LogP contribution in [0.2, 0.25) is 0 Å². The average Bonchev–Trinajstić information content (AvgIpc) is 2.84. The van der Waals surface area contributed by atoms with Crippen molar-refractivity contribution in [3.63, 3.8) is 0 Å². The number of hydrogen-bond donors (Lipinski definition) is 1. The summed E-state index contributed by atoms with van der Waals surface area (Å²) in [6.07, 6.45) is 0.202. The zero-order valence-electron chi connectivity index (χ0n) is 11.4. The van der Waals surface area contributed by atoms with Gasteiger partial charge in [-0.15, -0.1) is 0 Å². The largest absolute Gasteiger partial charge is 0.391 e. The Morgan fingerprint density at radius 3 is 2.85 bits per heavy atom. The SMILES string of the molecule is CC(CC(=O)N1CC[C@@H](O)C1)C(=O)c1cccc(F)c1. The molecule has 1 N–H and O–H groups in total. The number of carbonyl (C=O) groups is 2. The molecule has 1 amide bonds. The summed E-state index contributed by atoms with van der Waals surface area (Å²) in [6, 6.07) is 5.49. The number of amides is 1. The number of ketones is 1. The summed E-state index contributed by atoms with van der Waals surface area (Å²) < 4.78 is 13.1. The van der Waals surface area contributed by atoms with E-state index in [1.54, 1.807) is 17.9 Å². The van der Waals surface area contributed by atoms with Gasteiger partial charge in [0.25, 0.3) is 0 Å². The van der Waals surface area contributed by atoms with Crippen molar-refractivity contribution in [3.8, 4) is 0 Å². The first kappa shape index (κ1) is 14.7. The van der Waals surface area contributed by atoms with E-state index in [1.165, 1.54) is 18.2 Å². The van der Waals surface area contributed by atoms with E-state index in [9.17, 15) is 19.1 Å². The first-order valence-electron chi connectivity index (χ1n) is 6.73. The molecule has 1 aromatic carbocycles. The maximum absolute atomic E-state index is 13.1. The summed E-state index contributed by atoms with van der Waals surface area (Å²) in [5.74, 6) is -1.34. The molecule has 1 aliphatic rings. The van der Waals surface area contributed by atoms with Crippen LogP contribution in [0.1, 0.15) is 30.1 Å². The van der Waals surface area contributed by atoms with Crippen molar-refractivity contribution >= 4 is 11.7 Å². The zero-order chi connectivity index (χ0) is 14.7. The van der Waals surface area contributed by atoms with E-state index in [2.05, 4.69) is 0 Å². The number of Topliss-reactive ketones (excluding diaryl/α,β-unsaturated/α-hetero) is 1. The van der Waals surface area contributed by atoms with Gasteiger partial charge in [-0.3, -0.25) is 9.59 Å². The maximum Gasteiger partial charge on any atom is 0.223 e. The fraction of sp³-hybridized carbons (Fsp3) is 0.467. The lowest BCUT2D eigenvalue weighted by atomic mass is 9.96. The van der Waals surface area contributed by atoms with Crippen molar-refractivity contribution in [1.82, 2.24) is 4.90 Å². The molecule has 1 saturated heterocycles. The molecule has 0 aromatic heterocycles. The second-order valence-electron chi connectivity index (χ2n) is 5.26. The van der Waals surface area contributed by atoms with Crippen molar-refractivity contribution in [1.29, 1.82) is 0 Å². The van der Waals surface area contributed by atoms with E-state index in [0.29, 0.717) is 19.5 Å². The van der Waals surface area contributed by atoms with Gasteiger partial charge < -0.3 is 10.0 Å². The first-order chi connectivity index (χ1) is 9.47. The van der Waals surface area contributed by atoms with E-state index in [1.807, 2.05) is 0 Å². The van der Waals surface area contributed by atoms with Crippen LogP contribution in [0.5, 0.6) is 0 Å². The predicted molar refractivity (Wildman–Crippen MR) is 71.7 cm³/mol. The minimum absolute atomic E-state index is 0.0854. The highest BCUT2D eigenvalue weighted by molar-refractivity contribution is 5.99. The molecule has 2 rings (SSSR count). The van der Waals surface area contributed by atoms with E-state index in [4.69, 9.17) is 0 Å². The van der Waals surface area contributed by atoms with Gasteiger partial charge in [0, 0.05) is 31.0 Å². The minimum atomic E-state index is -0.498. The highest BCUT2D eigenvalue weighted by atomic mass is 19.1. The second kappa shape index (κ2) is 6.13. The summed E-state index contributed by atoms with van der Waals surface area (Å²) in [6.45, 7) is 2.53. The van der Waals surface area contributed by atoms with Gasteiger partial charge in [0.1, 0.15) is 5.82 Å². The van der Waals surface area contributed by atoms with Crippen molar-refractivity contribution in [2.75, 3.05) is 13.1 Å². The molecule has 0 radical (unpaired) electrons. The highest BCUT2D eigenvalue weighted by Gasteiger charge is 2.27. The highest BCUT2D eigenvalue weighted by Crippen LogP contribution is 2.17. The molecule has 1 aliphatic heterocycles. The zero-order valence-corrected chi connectivity index (χ0v) is 11.4. The Morgan fingerprint density at radius 2 is 2.25 bits per heavy atom. The van der Waals surface area contributed by atoms with Crippen LogP contribution >= 0.6 is 0 Å². The summed E-state index contributed by atoms with van der Waals surface area (Å²) in [5.41, 5.74) is 0.284. The van der Waals surface area contributed by atoms with E-state index in [0.717, 1.165) is 0 Å². The van der Waals surface area contributed by atoms with Crippen LogP contribution in [0, 0.1) is 11.7 Å². The van der Waals surface area contributed by atoms with Crippen molar-refractivity contribution in [2.24, 2.45) is 5.92 Å². The molecule has 0 aliphatic carbocycles. The number of benzene rings is 1. The van der Waals surface area contributed by atoms with Crippen LogP contribution in [0.3, 0.4) is 0 Å². The van der Waals surface area contributed by atoms with Gasteiger partial charge >= 0.3 is 0 Å². The molecular formula is C15H18FNO3. The Hall–Kier alpha value is -1.75. The molecule has 2 atom stereocenters. The van der Waals surface area contributed by atoms with Gasteiger partial charge in [-0.05, 0) is 18.6 Å². The number of nitrogens with zero attached hydrogens (tertiary/aromatic N) is 1. The minimum Gasteiger partial charge on any atom is -0.391 e. The standard InChI is InChI=1S/C15H18FNO3/c1-10(7-14(19)17-6-5-13(18)9-17)15(20)11-3-2-4-12(16)8-11/h2-4,8,10,13,18H,5-7,9H2,1H3/t10?,13-/m1/s1. The van der Waals surface area contributed by atoms with E-state index < -0.39 is 17.8 Å². The lowest BCUT2D eigenvalue weighted by molar-refractivity contribution is -0.131. The Kier molecular flexibility index (Phi) is 4.49. The fourth-order valence-corrected chi connectivity index (χ4v) is 2.38. The molecule has 0 saturated carbocycles. The Morgan fingerprint density at radius 1 is 1.50 bits per heavy atom. The number of aliphatic hydroxyl groups excluding tert-OH is 1. The first-order valence-corrected chi connectivity index (χ1v) is 6.73. The molecule has 108 valence electrons. The number of carbonyl (C=O) groups excluding carboxylic acids is 2. The molecule has 1 aromatic rings. The van der Waals surface area contributed by atoms with Crippen LogP contribution in [-0.4, -0.2) is 40.9 Å². The summed E-state index contributed by atoms with van der Waals surface area (Å²) in [5, 5.41) is 9.40. The van der Waals surface area contributed by atoms with Crippen LogP contribution in [0.15, 0.2) is 24.3 Å². The number of halogens is 1. The molecule has 5 heteroatoms. The van der Waals surface area contributed by atoms with E-state index in [-0.39, 0.29) is 23.7 Å². The third-order valence-corrected chi connectivity index (χ3v) is 3.55. The monoisotopic (exact) mass is 279 g/mol. The summed E-state index contributed by atoms with van der Waals surface area (Å²) in [7, 11) is 0. The molecule has 4 nitrogen and oxygen atoms in total. The Balaban J connectivity index is 1.96. The maximum atomic E-state index is 13.1. The Bertz CT molecular complexity index is 518. The Labute approximate surface area is 117 Å². The number of likely N-dealkylation sites (tertiary alicyclic amines) is 1. The van der Waals surface area contributed by atoms with Gasteiger partial charge in [0.05, 0.1) is 6.10 Å². The molecule has 1 unspecified atom stereocenters. The van der Waals surface area contributed by atoms with Gasteiger partial charge in [0.2, 0.25) is 5.91 Å². The van der Waals surface area contributed by atoms with Gasteiger partial charge in [-0.25, -0.2) is 4.39 Å². The number of aliphatic hydroxyl groups is 1. The normalized spacial score (nSPS) is 19.9. The average molecular weight is 279 g/mol. The van der Waals surface area contributed by atoms with Crippen molar-refractivity contribution in [2.45, 2.75) is 25.9 Å². The lowest BCUT2D eigenvalue weighted by Crippen LogP contribution is -2.32. The molecule has 1 fully saturated rings. The van der Waals surface area contributed by atoms with Crippen molar-refractivity contribution < 1.29 is 19.1 Å². The quantitative estimate of drug-likeness (QED) is 0.852. The smallest absolute Gasteiger partial charge is 0.223 e. The van der Waals surface area contributed by atoms with Gasteiger partial charge in [-0.2, -0.15) is 0 Å². The summed E-state index contributed by atoms with van der Waals surface area (Å²) in [4.78, 5) is 25.7. The molecule has 0 spiro atoms. The van der Waals surface area contributed by atoms with Crippen molar-refractivity contribution in [3.05, 3.63) is 35.6 Å². The van der Waals surface area contributed by atoms with Gasteiger partial charge in [-0.1, -0.05) is 19.1 Å². The van der Waals surface area contributed by atoms with Crippen LogP contribution in [-0.2, 0) is 4.79 Å².